The van der Waals surface area contributed by atoms with Gasteiger partial charge in [0.05, 0.1) is 0 Å². The van der Waals surface area contributed by atoms with Crippen LogP contribution < -0.4 is 4.90 Å². The molecular weight excluding hydrogens is 282 g/mol. The highest BCUT2D eigenvalue weighted by molar-refractivity contribution is 5.80. The molecule has 1 saturated heterocycles. The Bertz CT molecular complexity index is 502. The minimum Gasteiger partial charge on any atom is -0.372 e. The fourth-order valence-corrected chi connectivity index (χ4v) is 3.29. The number of nitrogens with zero attached hydrogens (tertiary/aromatic N) is 1. The third-order valence-electron chi connectivity index (χ3n) is 5.16. The lowest BCUT2D eigenvalue weighted by Gasteiger charge is -2.34. The molecule has 1 fully saturated rings. The maximum Gasteiger partial charge on any atom is 0.135 e. The van der Waals surface area contributed by atoms with Crippen molar-refractivity contribution in [2.75, 3.05) is 18.0 Å². The SMILES string of the molecule is CC(C)C(=O)CCC1CCN(c2ccc(C(C)(C)C)cc2)CC1. The fraction of sp³-hybridized carbons (Fsp3) is 0.667. The van der Waals surface area contributed by atoms with E-state index in [1.54, 1.807) is 0 Å². The van der Waals surface area contributed by atoms with Gasteiger partial charge in [0, 0.05) is 31.1 Å². The maximum atomic E-state index is 11.8. The monoisotopic (exact) mass is 315 g/mol. The molecule has 1 aromatic rings. The van der Waals surface area contributed by atoms with Gasteiger partial charge in [-0.15, -0.1) is 0 Å². The molecule has 1 aliphatic heterocycles. The van der Waals surface area contributed by atoms with Gasteiger partial charge in [0.2, 0.25) is 0 Å². The van der Waals surface area contributed by atoms with E-state index >= 15 is 0 Å². The van der Waals surface area contributed by atoms with Gasteiger partial charge >= 0.3 is 0 Å². The van der Waals surface area contributed by atoms with Crippen LogP contribution in [0, 0.1) is 11.8 Å². The van der Waals surface area contributed by atoms with Crippen molar-refractivity contribution in [1.82, 2.24) is 0 Å². The van der Waals surface area contributed by atoms with E-state index < -0.39 is 0 Å². The lowest BCUT2D eigenvalue weighted by molar-refractivity contribution is -0.122. The molecule has 0 radical (unpaired) electrons. The summed E-state index contributed by atoms with van der Waals surface area (Å²) in [5.74, 6) is 1.34. The molecule has 2 nitrogen and oxygen atoms in total. The number of benzene rings is 1. The van der Waals surface area contributed by atoms with Crippen LogP contribution >= 0.6 is 0 Å². The molecule has 2 rings (SSSR count). The van der Waals surface area contributed by atoms with Gasteiger partial charge in [0.15, 0.2) is 0 Å². The van der Waals surface area contributed by atoms with E-state index in [0.29, 0.717) is 5.78 Å². The number of piperidine rings is 1. The van der Waals surface area contributed by atoms with Gasteiger partial charge in [-0.25, -0.2) is 0 Å². The minimum absolute atomic E-state index is 0.191. The van der Waals surface area contributed by atoms with Crippen LogP contribution in [0.15, 0.2) is 24.3 Å². The molecule has 128 valence electrons. The largest absolute Gasteiger partial charge is 0.372 e. The van der Waals surface area contributed by atoms with Gasteiger partial charge in [0.1, 0.15) is 5.78 Å². The van der Waals surface area contributed by atoms with Crippen molar-refractivity contribution in [3.05, 3.63) is 29.8 Å². The molecule has 23 heavy (non-hydrogen) atoms. The summed E-state index contributed by atoms with van der Waals surface area (Å²) in [5, 5.41) is 0. The van der Waals surface area contributed by atoms with Crippen LogP contribution in [-0.2, 0) is 10.2 Å². The summed E-state index contributed by atoms with van der Waals surface area (Å²) in [5.41, 5.74) is 2.95. The van der Waals surface area contributed by atoms with Crippen LogP contribution in [0.25, 0.3) is 0 Å². The molecule has 1 aliphatic rings. The summed E-state index contributed by atoms with van der Waals surface area (Å²) in [6, 6.07) is 9.07. The Morgan fingerprint density at radius 3 is 2.17 bits per heavy atom. The van der Waals surface area contributed by atoms with Crippen LogP contribution in [0.5, 0.6) is 0 Å². The zero-order valence-electron chi connectivity index (χ0n) is 15.6. The van der Waals surface area contributed by atoms with Gasteiger partial charge in [0.25, 0.3) is 0 Å². The maximum absolute atomic E-state index is 11.8. The number of hydrogen-bond donors (Lipinski definition) is 0. The Kier molecular flexibility index (Phi) is 5.89. The van der Waals surface area contributed by atoms with Crippen molar-refractivity contribution in [3.63, 3.8) is 0 Å². The number of carbonyl (C=O) groups excluding carboxylic acids is 1. The van der Waals surface area contributed by atoms with E-state index in [-0.39, 0.29) is 11.3 Å². The average molecular weight is 316 g/mol. The Morgan fingerprint density at radius 2 is 1.70 bits per heavy atom. The second-order valence-corrected chi connectivity index (χ2v) is 8.39. The van der Waals surface area contributed by atoms with E-state index in [9.17, 15) is 4.79 Å². The molecule has 0 bridgehead atoms. The first-order valence-electron chi connectivity index (χ1n) is 9.15. The van der Waals surface area contributed by atoms with Crippen molar-refractivity contribution in [1.29, 1.82) is 0 Å². The number of Topliss-reactive ketones (excluding diaryl/α,β-unsaturated/α-hetero) is 1. The van der Waals surface area contributed by atoms with E-state index in [1.807, 2.05) is 13.8 Å². The normalized spacial score (nSPS) is 16.9. The molecular formula is C21H33NO. The first-order chi connectivity index (χ1) is 10.8. The van der Waals surface area contributed by atoms with Crippen molar-refractivity contribution in [2.45, 2.75) is 65.7 Å². The number of ketones is 1. The lowest BCUT2D eigenvalue weighted by Crippen LogP contribution is -2.33. The zero-order chi connectivity index (χ0) is 17.0. The topological polar surface area (TPSA) is 20.3 Å². The van der Waals surface area contributed by atoms with Crippen molar-refractivity contribution < 1.29 is 4.79 Å². The van der Waals surface area contributed by atoms with Gasteiger partial charge < -0.3 is 4.90 Å². The van der Waals surface area contributed by atoms with E-state index in [4.69, 9.17) is 0 Å². The Morgan fingerprint density at radius 1 is 1.13 bits per heavy atom. The van der Waals surface area contributed by atoms with Gasteiger partial charge in [-0.3, -0.25) is 4.79 Å². The lowest BCUT2D eigenvalue weighted by atomic mass is 9.86. The Balaban J connectivity index is 1.83. The highest BCUT2D eigenvalue weighted by Gasteiger charge is 2.21. The van der Waals surface area contributed by atoms with Crippen LogP contribution in [-0.4, -0.2) is 18.9 Å². The number of anilines is 1. The molecule has 0 aliphatic carbocycles. The fourth-order valence-electron chi connectivity index (χ4n) is 3.29. The number of hydrogen-bond acceptors (Lipinski definition) is 2. The van der Waals surface area contributed by atoms with E-state index in [1.165, 1.54) is 24.1 Å². The van der Waals surface area contributed by atoms with Gasteiger partial charge in [-0.2, -0.15) is 0 Å². The van der Waals surface area contributed by atoms with E-state index in [2.05, 4.69) is 49.9 Å². The molecule has 0 aromatic heterocycles. The second-order valence-electron chi connectivity index (χ2n) is 8.39. The Labute approximate surface area is 142 Å². The third kappa shape index (κ3) is 5.09. The molecule has 0 saturated carbocycles. The predicted molar refractivity (Wildman–Crippen MR) is 99.2 cm³/mol. The van der Waals surface area contributed by atoms with Crippen LogP contribution in [0.3, 0.4) is 0 Å². The summed E-state index contributed by atoms with van der Waals surface area (Å²) in [4.78, 5) is 14.3. The first-order valence-corrected chi connectivity index (χ1v) is 9.15. The van der Waals surface area contributed by atoms with Crippen molar-refractivity contribution in [2.24, 2.45) is 11.8 Å². The second kappa shape index (κ2) is 7.51. The van der Waals surface area contributed by atoms with Gasteiger partial charge in [-0.05, 0) is 48.3 Å². The highest BCUT2D eigenvalue weighted by Crippen LogP contribution is 2.29. The van der Waals surface area contributed by atoms with Crippen LogP contribution in [0.4, 0.5) is 5.69 Å². The van der Waals surface area contributed by atoms with E-state index in [0.717, 1.165) is 31.8 Å². The number of rotatable bonds is 5. The first kappa shape index (κ1) is 18.0. The molecule has 0 spiro atoms. The quantitative estimate of drug-likeness (QED) is 0.744. The van der Waals surface area contributed by atoms with Crippen molar-refractivity contribution >= 4 is 11.5 Å². The molecule has 1 heterocycles. The predicted octanol–water partition coefficient (Wildman–Crippen LogP) is 5.21. The van der Waals surface area contributed by atoms with Crippen LogP contribution in [0.2, 0.25) is 0 Å². The summed E-state index contributed by atoms with van der Waals surface area (Å²) in [6.45, 7) is 13.0. The highest BCUT2D eigenvalue weighted by atomic mass is 16.1. The standard InChI is InChI=1S/C21H33NO/c1-16(2)20(23)11-6-17-12-14-22(15-13-17)19-9-7-18(8-10-19)21(3,4)5/h7-10,16-17H,6,11-15H2,1-5H3. The molecule has 0 unspecified atom stereocenters. The van der Waals surface area contributed by atoms with Gasteiger partial charge in [-0.1, -0.05) is 46.8 Å². The summed E-state index contributed by atoms with van der Waals surface area (Å²) in [6.07, 6.45) is 4.27. The zero-order valence-corrected chi connectivity index (χ0v) is 15.6. The molecule has 2 heteroatoms. The Hall–Kier alpha value is -1.31. The smallest absolute Gasteiger partial charge is 0.135 e. The number of carbonyl (C=O) groups is 1. The summed E-state index contributed by atoms with van der Waals surface area (Å²) in [7, 11) is 0. The molecule has 0 atom stereocenters. The third-order valence-corrected chi connectivity index (χ3v) is 5.16. The molecule has 0 N–H and O–H groups in total. The van der Waals surface area contributed by atoms with Crippen molar-refractivity contribution in [3.8, 4) is 0 Å². The average Bonchev–Trinajstić information content (AvgIpc) is 2.52. The molecule has 0 amide bonds. The van der Waals surface area contributed by atoms with Crippen LogP contribution in [0.1, 0.15) is 65.9 Å². The summed E-state index contributed by atoms with van der Waals surface area (Å²) < 4.78 is 0. The molecule has 1 aromatic carbocycles. The minimum atomic E-state index is 0.191. The summed E-state index contributed by atoms with van der Waals surface area (Å²) >= 11 is 0.